The van der Waals surface area contributed by atoms with E-state index < -0.39 is 10.9 Å². The number of benzene rings is 2. The summed E-state index contributed by atoms with van der Waals surface area (Å²) in [6, 6.07) is 8.06. The second-order valence-electron chi connectivity index (χ2n) is 4.15. The number of nitro benzene ring substituents is 1. The SMILES string of the molecule is COc1cc(C(=O)O)cc(-c2ccccc2[N+](=O)[O-])c1O. The molecule has 0 radical (unpaired) electrons. The normalized spacial score (nSPS) is 10.1. The summed E-state index contributed by atoms with van der Waals surface area (Å²) in [6.07, 6.45) is 0. The Morgan fingerprint density at radius 2 is 1.90 bits per heavy atom. The number of phenolic OH excluding ortho intramolecular Hbond substituents is 1. The fourth-order valence-corrected chi connectivity index (χ4v) is 1.95. The topological polar surface area (TPSA) is 110 Å². The Bertz CT molecular complexity index is 725. The molecular weight excluding hydrogens is 278 g/mol. The Morgan fingerprint density at radius 3 is 2.48 bits per heavy atom. The van der Waals surface area contributed by atoms with Crippen molar-refractivity contribution in [2.24, 2.45) is 0 Å². The van der Waals surface area contributed by atoms with E-state index in [4.69, 9.17) is 9.84 Å². The molecule has 0 saturated heterocycles. The molecule has 2 rings (SSSR count). The molecule has 108 valence electrons. The van der Waals surface area contributed by atoms with E-state index in [2.05, 4.69) is 0 Å². The highest BCUT2D eigenvalue weighted by molar-refractivity contribution is 5.92. The third-order valence-corrected chi connectivity index (χ3v) is 2.93. The summed E-state index contributed by atoms with van der Waals surface area (Å²) in [5.74, 6) is -1.65. The quantitative estimate of drug-likeness (QED) is 0.661. The number of aromatic carboxylic acids is 1. The molecule has 0 aliphatic rings. The molecule has 2 N–H and O–H groups in total. The van der Waals surface area contributed by atoms with Gasteiger partial charge >= 0.3 is 5.97 Å². The van der Waals surface area contributed by atoms with Crippen LogP contribution < -0.4 is 4.74 Å². The van der Waals surface area contributed by atoms with Crippen LogP contribution in [0, 0.1) is 10.1 Å². The summed E-state index contributed by atoms with van der Waals surface area (Å²) in [5.41, 5.74) is -0.240. The predicted molar refractivity (Wildman–Crippen MR) is 73.7 cm³/mol. The smallest absolute Gasteiger partial charge is 0.335 e. The van der Waals surface area contributed by atoms with Crippen LogP contribution in [0.1, 0.15) is 10.4 Å². The third-order valence-electron chi connectivity index (χ3n) is 2.93. The number of hydrogen-bond acceptors (Lipinski definition) is 5. The summed E-state index contributed by atoms with van der Waals surface area (Å²) in [7, 11) is 1.27. The largest absolute Gasteiger partial charge is 0.504 e. The Kier molecular flexibility index (Phi) is 3.75. The van der Waals surface area contributed by atoms with Crippen molar-refractivity contribution in [2.45, 2.75) is 0 Å². The minimum atomic E-state index is -1.23. The number of hydrogen-bond donors (Lipinski definition) is 2. The Labute approximate surface area is 119 Å². The number of phenols is 1. The van der Waals surface area contributed by atoms with Crippen molar-refractivity contribution >= 4 is 11.7 Å². The number of nitro groups is 1. The molecule has 21 heavy (non-hydrogen) atoms. The summed E-state index contributed by atoms with van der Waals surface area (Å²) in [6.45, 7) is 0. The average Bonchev–Trinajstić information content (AvgIpc) is 2.47. The molecule has 0 amide bonds. The molecular formula is C14H11NO6. The first-order chi connectivity index (χ1) is 9.95. The van der Waals surface area contributed by atoms with E-state index in [0.29, 0.717) is 0 Å². The molecule has 0 unspecified atom stereocenters. The standard InChI is InChI=1S/C14H11NO6/c1-21-12-7-8(14(17)18)6-10(13(12)16)9-4-2-3-5-11(9)15(19)20/h2-7,16H,1H3,(H,17,18). The summed E-state index contributed by atoms with van der Waals surface area (Å²) < 4.78 is 4.92. The third kappa shape index (κ3) is 2.62. The number of rotatable bonds is 4. The van der Waals surface area contributed by atoms with Crippen LogP contribution in [0.5, 0.6) is 11.5 Å². The molecule has 2 aromatic carbocycles. The molecule has 0 aliphatic carbocycles. The monoisotopic (exact) mass is 289 g/mol. The van der Waals surface area contributed by atoms with Gasteiger partial charge in [-0.2, -0.15) is 0 Å². The van der Waals surface area contributed by atoms with Gasteiger partial charge in [-0.3, -0.25) is 10.1 Å². The first kappa shape index (κ1) is 14.3. The summed E-state index contributed by atoms with van der Waals surface area (Å²) in [5, 5.41) is 30.2. The zero-order valence-corrected chi connectivity index (χ0v) is 10.9. The maximum atomic E-state index is 11.1. The van der Waals surface area contributed by atoms with Crippen LogP contribution in [0.15, 0.2) is 36.4 Å². The first-order valence-corrected chi connectivity index (χ1v) is 5.83. The van der Waals surface area contributed by atoms with Gasteiger partial charge in [-0.15, -0.1) is 0 Å². The van der Waals surface area contributed by atoms with Crippen LogP contribution in [0.3, 0.4) is 0 Å². The molecule has 0 spiro atoms. The van der Waals surface area contributed by atoms with Crippen molar-refractivity contribution in [2.75, 3.05) is 7.11 Å². The maximum Gasteiger partial charge on any atom is 0.335 e. The van der Waals surface area contributed by atoms with E-state index in [0.717, 1.165) is 6.07 Å². The van der Waals surface area contributed by atoms with E-state index in [1.807, 2.05) is 0 Å². The molecule has 0 aromatic heterocycles. The lowest BCUT2D eigenvalue weighted by Crippen LogP contribution is -1.99. The Hall–Kier alpha value is -3.09. The number of carboxylic acids is 1. The molecule has 0 bridgehead atoms. The maximum absolute atomic E-state index is 11.1. The van der Waals surface area contributed by atoms with Gasteiger partial charge < -0.3 is 14.9 Å². The van der Waals surface area contributed by atoms with Gasteiger partial charge in [0.2, 0.25) is 0 Å². The molecule has 0 heterocycles. The van der Waals surface area contributed by atoms with Crippen LogP contribution in [0.25, 0.3) is 11.1 Å². The Morgan fingerprint density at radius 1 is 1.24 bits per heavy atom. The van der Waals surface area contributed by atoms with Gasteiger partial charge in [0.1, 0.15) is 0 Å². The number of carboxylic acid groups (broad SMARTS) is 1. The molecule has 0 atom stereocenters. The van der Waals surface area contributed by atoms with Gasteiger partial charge in [0.25, 0.3) is 5.69 Å². The molecule has 2 aromatic rings. The number of para-hydroxylation sites is 1. The zero-order chi connectivity index (χ0) is 15.6. The van der Waals surface area contributed by atoms with Crippen molar-refractivity contribution in [3.05, 3.63) is 52.1 Å². The second-order valence-corrected chi connectivity index (χ2v) is 4.15. The van der Waals surface area contributed by atoms with Crippen molar-refractivity contribution in [3.8, 4) is 22.6 Å². The fraction of sp³-hybridized carbons (Fsp3) is 0.0714. The first-order valence-electron chi connectivity index (χ1n) is 5.83. The van der Waals surface area contributed by atoms with E-state index in [1.165, 1.54) is 31.4 Å². The van der Waals surface area contributed by atoms with Crippen molar-refractivity contribution in [1.82, 2.24) is 0 Å². The molecule has 7 heteroatoms. The van der Waals surface area contributed by atoms with Gasteiger partial charge in [0, 0.05) is 11.6 Å². The minimum absolute atomic E-state index is 0.0269. The van der Waals surface area contributed by atoms with Gasteiger partial charge in [-0.05, 0) is 18.2 Å². The molecule has 0 saturated carbocycles. The van der Waals surface area contributed by atoms with E-state index in [-0.39, 0.29) is 33.9 Å². The molecule has 0 aliphatic heterocycles. The van der Waals surface area contributed by atoms with Crippen molar-refractivity contribution in [1.29, 1.82) is 0 Å². The number of methoxy groups -OCH3 is 1. The number of nitrogens with zero attached hydrogens (tertiary/aromatic N) is 1. The van der Waals surface area contributed by atoms with Gasteiger partial charge in [-0.1, -0.05) is 12.1 Å². The van der Waals surface area contributed by atoms with E-state index in [9.17, 15) is 20.0 Å². The van der Waals surface area contributed by atoms with Gasteiger partial charge in [0.05, 0.1) is 23.2 Å². The van der Waals surface area contributed by atoms with Crippen molar-refractivity contribution in [3.63, 3.8) is 0 Å². The zero-order valence-electron chi connectivity index (χ0n) is 10.9. The summed E-state index contributed by atoms with van der Waals surface area (Å²) in [4.78, 5) is 21.6. The second kappa shape index (κ2) is 5.49. The van der Waals surface area contributed by atoms with Crippen LogP contribution in [0.2, 0.25) is 0 Å². The highest BCUT2D eigenvalue weighted by atomic mass is 16.6. The Balaban J connectivity index is 2.77. The van der Waals surface area contributed by atoms with Crippen LogP contribution in [0.4, 0.5) is 5.69 Å². The van der Waals surface area contributed by atoms with Crippen LogP contribution >= 0.6 is 0 Å². The lowest BCUT2D eigenvalue weighted by atomic mass is 9.99. The van der Waals surface area contributed by atoms with Gasteiger partial charge in [0.15, 0.2) is 11.5 Å². The fourth-order valence-electron chi connectivity index (χ4n) is 1.95. The van der Waals surface area contributed by atoms with Gasteiger partial charge in [-0.25, -0.2) is 4.79 Å². The highest BCUT2D eigenvalue weighted by Crippen LogP contribution is 2.41. The molecule has 0 fully saturated rings. The number of aromatic hydroxyl groups is 1. The average molecular weight is 289 g/mol. The lowest BCUT2D eigenvalue weighted by molar-refractivity contribution is -0.384. The van der Waals surface area contributed by atoms with Crippen LogP contribution in [-0.4, -0.2) is 28.2 Å². The predicted octanol–water partition coefficient (Wildman–Crippen LogP) is 2.67. The minimum Gasteiger partial charge on any atom is -0.504 e. The van der Waals surface area contributed by atoms with Crippen molar-refractivity contribution < 1.29 is 24.7 Å². The van der Waals surface area contributed by atoms with Crippen LogP contribution in [-0.2, 0) is 0 Å². The lowest BCUT2D eigenvalue weighted by Gasteiger charge is -2.11. The number of carbonyl (C=O) groups is 1. The summed E-state index contributed by atoms with van der Waals surface area (Å²) >= 11 is 0. The molecule has 7 nitrogen and oxygen atoms in total. The van der Waals surface area contributed by atoms with E-state index in [1.54, 1.807) is 6.07 Å². The number of ether oxygens (including phenoxy) is 1. The highest BCUT2D eigenvalue weighted by Gasteiger charge is 2.21. The van der Waals surface area contributed by atoms with E-state index >= 15 is 0 Å².